The third kappa shape index (κ3) is 5.54. The fourth-order valence-corrected chi connectivity index (χ4v) is 1.78. The predicted molar refractivity (Wildman–Crippen MR) is 81.3 cm³/mol. The van der Waals surface area contributed by atoms with E-state index < -0.39 is 12.1 Å². The molecule has 0 spiro atoms. The number of amides is 1. The van der Waals surface area contributed by atoms with Gasteiger partial charge in [0.05, 0.1) is 6.10 Å². The Morgan fingerprint density at radius 3 is 2.48 bits per heavy atom. The SMILES string of the molecule is CC(C)ONCCNC(=O)c1ccc(-c2noc(C(F)(F)F)n2)cc1. The number of hydroxylamine groups is 1. The molecular weight excluding hydrogens is 341 g/mol. The minimum atomic E-state index is -4.70. The first-order valence-electron chi connectivity index (χ1n) is 7.45. The van der Waals surface area contributed by atoms with Crippen LogP contribution in [0.1, 0.15) is 30.1 Å². The average molecular weight is 358 g/mol. The smallest absolute Gasteiger partial charge is 0.351 e. The molecule has 1 aromatic carbocycles. The summed E-state index contributed by atoms with van der Waals surface area (Å²) in [6.07, 6.45) is -4.66. The highest BCUT2D eigenvalue weighted by atomic mass is 19.4. The van der Waals surface area contributed by atoms with Gasteiger partial charge in [-0.3, -0.25) is 9.63 Å². The van der Waals surface area contributed by atoms with Gasteiger partial charge in [0.15, 0.2) is 0 Å². The molecule has 0 atom stereocenters. The molecule has 2 rings (SSSR count). The number of halogens is 3. The molecule has 0 aliphatic carbocycles. The summed E-state index contributed by atoms with van der Waals surface area (Å²) in [6.45, 7) is 4.53. The normalized spacial score (nSPS) is 11.8. The zero-order chi connectivity index (χ0) is 18.4. The van der Waals surface area contributed by atoms with Gasteiger partial charge in [-0.15, -0.1) is 0 Å². The molecule has 0 fully saturated rings. The molecule has 1 aromatic heterocycles. The van der Waals surface area contributed by atoms with E-state index in [1.54, 1.807) is 0 Å². The lowest BCUT2D eigenvalue weighted by Gasteiger charge is -2.09. The maximum absolute atomic E-state index is 12.4. The number of alkyl halides is 3. The second-order valence-corrected chi connectivity index (χ2v) is 5.32. The van der Waals surface area contributed by atoms with Gasteiger partial charge in [0.1, 0.15) is 0 Å². The van der Waals surface area contributed by atoms with E-state index in [1.165, 1.54) is 24.3 Å². The number of rotatable bonds is 7. The molecule has 0 bridgehead atoms. The van der Waals surface area contributed by atoms with Gasteiger partial charge < -0.3 is 9.84 Å². The molecule has 0 aliphatic heterocycles. The van der Waals surface area contributed by atoms with E-state index in [0.29, 0.717) is 24.2 Å². The second kappa shape index (κ2) is 8.08. The van der Waals surface area contributed by atoms with Crippen LogP contribution in [0.3, 0.4) is 0 Å². The second-order valence-electron chi connectivity index (χ2n) is 5.32. The van der Waals surface area contributed by atoms with Gasteiger partial charge in [0, 0.05) is 24.2 Å². The van der Waals surface area contributed by atoms with E-state index in [-0.39, 0.29) is 17.8 Å². The van der Waals surface area contributed by atoms with Gasteiger partial charge in [-0.25, -0.2) is 5.48 Å². The summed E-state index contributed by atoms with van der Waals surface area (Å²) in [7, 11) is 0. The van der Waals surface area contributed by atoms with Gasteiger partial charge >= 0.3 is 12.1 Å². The third-order valence-corrected chi connectivity index (χ3v) is 2.91. The van der Waals surface area contributed by atoms with Gasteiger partial charge in [-0.05, 0) is 26.0 Å². The molecule has 1 amide bonds. The van der Waals surface area contributed by atoms with Crippen molar-refractivity contribution in [2.75, 3.05) is 13.1 Å². The fourth-order valence-electron chi connectivity index (χ4n) is 1.78. The topological polar surface area (TPSA) is 89.3 Å². The minimum Gasteiger partial charge on any atom is -0.351 e. The lowest BCUT2D eigenvalue weighted by molar-refractivity contribution is -0.159. The lowest BCUT2D eigenvalue weighted by atomic mass is 10.1. The standard InChI is InChI=1S/C15H17F3N4O3/c1-9(2)24-20-8-7-19-13(23)11-5-3-10(4-6-11)12-21-14(25-22-12)15(16,17)18/h3-6,9,20H,7-8H2,1-2H3,(H,19,23). The van der Waals surface area contributed by atoms with Gasteiger partial charge in [0.2, 0.25) is 5.82 Å². The highest BCUT2D eigenvalue weighted by Gasteiger charge is 2.38. The molecule has 10 heteroatoms. The molecule has 1 heterocycles. The predicted octanol–water partition coefficient (Wildman–Crippen LogP) is 2.41. The molecule has 136 valence electrons. The summed E-state index contributed by atoms with van der Waals surface area (Å²) in [6, 6.07) is 5.82. The first-order valence-corrected chi connectivity index (χ1v) is 7.45. The van der Waals surface area contributed by atoms with Crippen molar-refractivity contribution < 1.29 is 27.3 Å². The first-order chi connectivity index (χ1) is 11.8. The van der Waals surface area contributed by atoms with Crippen LogP contribution >= 0.6 is 0 Å². The van der Waals surface area contributed by atoms with Crippen LogP contribution in [0.15, 0.2) is 28.8 Å². The summed E-state index contributed by atoms with van der Waals surface area (Å²) in [5.74, 6) is -1.93. The molecule has 2 aromatic rings. The number of aromatic nitrogens is 2. The maximum atomic E-state index is 12.4. The van der Waals surface area contributed by atoms with E-state index in [9.17, 15) is 18.0 Å². The summed E-state index contributed by atoms with van der Waals surface area (Å²) in [4.78, 5) is 20.3. The van der Waals surface area contributed by atoms with Crippen molar-refractivity contribution in [2.45, 2.75) is 26.1 Å². The van der Waals surface area contributed by atoms with E-state index in [0.717, 1.165) is 0 Å². The van der Waals surface area contributed by atoms with Crippen LogP contribution in [0.2, 0.25) is 0 Å². The maximum Gasteiger partial charge on any atom is 0.471 e. The van der Waals surface area contributed by atoms with E-state index in [4.69, 9.17) is 4.84 Å². The Hall–Kier alpha value is -2.46. The van der Waals surface area contributed by atoms with Gasteiger partial charge in [0.25, 0.3) is 5.91 Å². The molecule has 0 radical (unpaired) electrons. The summed E-state index contributed by atoms with van der Waals surface area (Å²) >= 11 is 0. The highest BCUT2D eigenvalue weighted by molar-refractivity contribution is 5.94. The lowest BCUT2D eigenvalue weighted by Crippen LogP contribution is -2.32. The largest absolute Gasteiger partial charge is 0.471 e. The molecule has 2 N–H and O–H groups in total. The minimum absolute atomic E-state index is 0.0336. The average Bonchev–Trinajstić information content (AvgIpc) is 3.04. The Bertz CT molecular complexity index is 699. The van der Waals surface area contributed by atoms with Crippen molar-refractivity contribution in [3.05, 3.63) is 35.7 Å². The van der Waals surface area contributed by atoms with Crippen molar-refractivity contribution in [2.24, 2.45) is 0 Å². The van der Waals surface area contributed by atoms with Crippen LogP contribution in [0.5, 0.6) is 0 Å². The van der Waals surface area contributed by atoms with Gasteiger partial charge in [-0.1, -0.05) is 17.3 Å². The van der Waals surface area contributed by atoms with Crippen LogP contribution in [0, 0.1) is 0 Å². The van der Waals surface area contributed by atoms with Crippen LogP contribution in [0.25, 0.3) is 11.4 Å². The van der Waals surface area contributed by atoms with Crippen molar-refractivity contribution in [1.82, 2.24) is 20.9 Å². The Kier molecular flexibility index (Phi) is 6.10. The molecule has 0 aliphatic rings. The number of nitrogens with one attached hydrogen (secondary N) is 2. The number of nitrogens with zero attached hydrogens (tertiary/aromatic N) is 2. The van der Waals surface area contributed by atoms with E-state index in [1.807, 2.05) is 13.8 Å². The molecule has 25 heavy (non-hydrogen) atoms. The number of hydrogen-bond donors (Lipinski definition) is 2. The fraction of sp³-hybridized carbons (Fsp3) is 0.400. The molecule has 0 saturated carbocycles. The van der Waals surface area contributed by atoms with Crippen molar-refractivity contribution in [3.63, 3.8) is 0 Å². The van der Waals surface area contributed by atoms with E-state index >= 15 is 0 Å². The van der Waals surface area contributed by atoms with Crippen molar-refractivity contribution in [1.29, 1.82) is 0 Å². The first kappa shape index (κ1) is 18.9. The molecule has 0 saturated heterocycles. The van der Waals surface area contributed by atoms with Crippen molar-refractivity contribution in [3.8, 4) is 11.4 Å². The molecular formula is C15H17F3N4O3. The summed E-state index contributed by atoms with van der Waals surface area (Å²) in [5, 5.41) is 5.96. The highest BCUT2D eigenvalue weighted by Crippen LogP contribution is 2.29. The number of carbonyl (C=O) groups is 1. The summed E-state index contributed by atoms with van der Waals surface area (Å²) in [5.41, 5.74) is 3.37. The van der Waals surface area contributed by atoms with Crippen LogP contribution < -0.4 is 10.8 Å². The number of benzene rings is 1. The zero-order valence-electron chi connectivity index (χ0n) is 13.6. The van der Waals surface area contributed by atoms with E-state index in [2.05, 4.69) is 25.5 Å². The number of carbonyl (C=O) groups excluding carboxylic acids is 1. The third-order valence-electron chi connectivity index (χ3n) is 2.91. The quantitative estimate of drug-likeness (QED) is 0.584. The molecule has 0 unspecified atom stereocenters. The Morgan fingerprint density at radius 2 is 1.92 bits per heavy atom. The van der Waals surface area contributed by atoms with Crippen LogP contribution in [-0.4, -0.2) is 35.2 Å². The van der Waals surface area contributed by atoms with Gasteiger partial charge in [-0.2, -0.15) is 18.2 Å². The van der Waals surface area contributed by atoms with Crippen LogP contribution in [0.4, 0.5) is 13.2 Å². The Morgan fingerprint density at radius 1 is 1.24 bits per heavy atom. The zero-order valence-corrected chi connectivity index (χ0v) is 13.6. The number of hydrogen-bond acceptors (Lipinski definition) is 6. The monoisotopic (exact) mass is 358 g/mol. The molecule has 7 nitrogen and oxygen atoms in total. The Balaban J connectivity index is 1.91. The summed E-state index contributed by atoms with van der Waals surface area (Å²) < 4.78 is 41.5. The van der Waals surface area contributed by atoms with Crippen LogP contribution in [-0.2, 0) is 11.0 Å². The Labute approximate surface area is 141 Å². The van der Waals surface area contributed by atoms with Crippen molar-refractivity contribution >= 4 is 5.91 Å².